The molecule has 124 valence electrons. The number of amides is 2. The Balaban J connectivity index is 1.56. The van der Waals surface area contributed by atoms with E-state index >= 15 is 0 Å². The molecule has 23 heavy (non-hydrogen) atoms. The third-order valence-corrected chi connectivity index (χ3v) is 5.19. The monoisotopic (exact) mass is 333 g/mol. The van der Waals surface area contributed by atoms with Crippen molar-refractivity contribution in [2.75, 3.05) is 26.7 Å². The van der Waals surface area contributed by atoms with Gasteiger partial charge in [0, 0.05) is 18.5 Å². The third kappa shape index (κ3) is 4.14. The number of carbonyl (C=O) groups excluding carboxylic acids is 1. The molecule has 0 spiro atoms. The van der Waals surface area contributed by atoms with Crippen molar-refractivity contribution < 1.29 is 9.21 Å². The molecule has 2 amide bonds. The predicted molar refractivity (Wildman–Crippen MR) is 91.4 cm³/mol. The van der Waals surface area contributed by atoms with Crippen molar-refractivity contribution in [2.24, 2.45) is 0 Å². The van der Waals surface area contributed by atoms with Gasteiger partial charge in [0.2, 0.25) is 0 Å². The minimum atomic E-state index is -0.0675. The van der Waals surface area contributed by atoms with Crippen molar-refractivity contribution >= 4 is 17.4 Å². The zero-order valence-corrected chi connectivity index (χ0v) is 14.2. The number of likely N-dealkylation sites (tertiary alicyclic amines) is 1. The maximum Gasteiger partial charge on any atom is 0.317 e. The van der Waals surface area contributed by atoms with Gasteiger partial charge in [0.15, 0.2) is 0 Å². The molecule has 2 aromatic heterocycles. The Bertz CT molecular complexity index is 591. The highest BCUT2D eigenvalue weighted by Crippen LogP contribution is 2.27. The van der Waals surface area contributed by atoms with Crippen LogP contribution in [-0.4, -0.2) is 42.5 Å². The molecule has 0 unspecified atom stereocenters. The van der Waals surface area contributed by atoms with Crippen LogP contribution in [0, 0.1) is 0 Å². The summed E-state index contributed by atoms with van der Waals surface area (Å²) in [5.41, 5.74) is 0. The Hall–Kier alpha value is -1.79. The van der Waals surface area contributed by atoms with Crippen LogP contribution in [0.1, 0.15) is 29.5 Å². The van der Waals surface area contributed by atoms with Crippen LogP contribution in [-0.2, 0) is 6.54 Å². The van der Waals surface area contributed by atoms with E-state index in [1.165, 1.54) is 17.7 Å². The second kappa shape index (κ2) is 7.66. The van der Waals surface area contributed by atoms with Gasteiger partial charge in [-0.2, -0.15) is 0 Å². The number of nitrogens with zero attached hydrogens (tertiary/aromatic N) is 2. The van der Waals surface area contributed by atoms with Crippen LogP contribution in [0.4, 0.5) is 4.79 Å². The molecule has 1 aliphatic rings. The molecule has 0 bridgehead atoms. The van der Waals surface area contributed by atoms with Crippen LogP contribution in [0.15, 0.2) is 40.3 Å². The number of hydrogen-bond acceptors (Lipinski definition) is 4. The first-order valence-electron chi connectivity index (χ1n) is 8.03. The van der Waals surface area contributed by atoms with Crippen LogP contribution in [0.5, 0.6) is 0 Å². The molecule has 0 radical (unpaired) electrons. The SMILES string of the molecule is CN(Cc1ccco1)C(=O)NC[C@H](c1cccs1)N1CCCC1. The lowest BCUT2D eigenvalue weighted by molar-refractivity contribution is 0.193. The lowest BCUT2D eigenvalue weighted by atomic mass is 10.2. The Morgan fingerprint density at radius 3 is 2.87 bits per heavy atom. The third-order valence-electron chi connectivity index (χ3n) is 4.22. The van der Waals surface area contributed by atoms with Crippen molar-refractivity contribution in [3.8, 4) is 0 Å². The van der Waals surface area contributed by atoms with E-state index in [1.54, 1.807) is 29.5 Å². The molecule has 0 saturated carbocycles. The first-order chi connectivity index (χ1) is 11.2. The molecule has 1 atom stereocenters. The van der Waals surface area contributed by atoms with Gasteiger partial charge in [-0.15, -0.1) is 11.3 Å². The molecule has 0 aliphatic carbocycles. The highest BCUT2D eigenvalue weighted by atomic mass is 32.1. The number of thiophene rings is 1. The number of rotatable bonds is 6. The van der Waals surface area contributed by atoms with Crippen LogP contribution < -0.4 is 5.32 Å². The number of urea groups is 1. The van der Waals surface area contributed by atoms with Gasteiger partial charge in [-0.25, -0.2) is 4.79 Å². The molecule has 1 saturated heterocycles. The second-order valence-electron chi connectivity index (χ2n) is 5.90. The lowest BCUT2D eigenvalue weighted by Gasteiger charge is -2.28. The molecule has 3 rings (SSSR count). The van der Waals surface area contributed by atoms with E-state index in [-0.39, 0.29) is 12.1 Å². The highest BCUT2D eigenvalue weighted by molar-refractivity contribution is 7.10. The first kappa shape index (κ1) is 16.1. The van der Waals surface area contributed by atoms with Crippen molar-refractivity contribution in [1.82, 2.24) is 15.1 Å². The van der Waals surface area contributed by atoms with Crippen LogP contribution in [0.25, 0.3) is 0 Å². The average Bonchev–Trinajstić information content (AvgIpc) is 3.31. The van der Waals surface area contributed by atoms with E-state index in [9.17, 15) is 4.79 Å². The van der Waals surface area contributed by atoms with Crippen LogP contribution in [0.3, 0.4) is 0 Å². The van der Waals surface area contributed by atoms with E-state index in [0.717, 1.165) is 18.8 Å². The van der Waals surface area contributed by atoms with E-state index in [0.29, 0.717) is 13.1 Å². The number of furan rings is 1. The van der Waals surface area contributed by atoms with E-state index in [4.69, 9.17) is 4.42 Å². The molecule has 6 heteroatoms. The summed E-state index contributed by atoms with van der Waals surface area (Å²) in [5.74, 6) is 0.789. The van der Waals surface area contributed by atoms with Crippen molar-refractivity contribution in [3.63, 3.8) is 0 Å². The average molecular weight is 333 g/mol. The lowest BCUT2D eigenvalue weighted by Crippen LogP contribution is -2.41. The number of nitrogens with one attached hydrogen (secondary N) is 1. The number of carbonyl (C=O) groups is 1. The first-order valence-corrected chi connectivity index (χ1v) is 8.91. The molecule has 1 fully saturated rings. The van der Waals surface area contributed by atoms with Gasteiger partial charge in [0.25, 0.3) is 0 Å². The minimum Gasteiger partial charge on any atom is -0.467 e. The van der Waals surface area contributed by atoms with Gasteiger partial charge in [-0.3, -0.25) is 4.90 Å². The number of hydrogen-bond donors (Lipinski definition) is 1. The minimum absolute atomic E-state index is 0.0675. The summed E-state index contributed by atoms with van der Waals surface area (Å²) in [7, 11) is 1.79. The molecular formula is C17H23N3O2S. The Kier molecular flexibility index (Phi) is 5.35. The fourth-order valence-electron chi connectivity index (χ4n) is 2.97. The summed E-state index contributed by atoms with van der Waals surface area (Å²) in [5, 5.41) is 5.17. The molecule has 3 heterocycles. The smallest absolute Gasteiger partial charge is 0.317 e. The maximum atomic E-state index is 12.3. The Morgan fingerprint density at radius 1 is 1.39 bits per heavy atom. The van der Waals surface area contributed by atoms with Gasteiger partial charge in [0.1, 0.15) is 5.76 Å². The van der Waals surface area contributed by atoms with E-state index in [1.807, 2.05) is 12.1 Å². The fraction of sp³-hybridized carbons (Fsp3) is 0.471. The summed E-state index contributed by atoms with van der Waals surface area (Å²) in [6.07, 6.45) is 4.11. The highest BCUT2D eigenvalue weighted by Gasteiger charge is 2.25. The van der Waals surface area contributed by atoms with Crippen LogP contribution in [0.2, 0.25) is 0 Å². The standard InChI is InChI=1S/C17H23N3O2S/c1-19(13-14-6-4-10-22-14)17(21)18-12-15(16-7-5-11-23-16)20-8-2-3-9-20/h4-7,10-11,15H,2-3,8-9,12-13H2,1H3,(H,18,21)/t15-/m1/s1. The summed E-state index contributed by atoms with van der Waals surface area (Å²) in [4.78, 5) is 17.8. The molecule has 0 aromatic carbocycles. The van der Waals surface area contributed by atoms with Gasteiger partial charge in [0.05, 0.1) is 18.8 Å². The largest absolute Gasteiger partial charge is 0.467 e. The Labute approximate surface area is 140 Å². The summed E-state index contributed by atoms with van der Waals surface area (Å²) in [6.45, 7) is 3.34. The molecule has 1 N–H and O–H groups in total. The predicted octanol–water partition coefficient (Wildman–Crippen LogP) is 3.32. The normalized spacial score (nSPS) is 16.4. The van der Waals surface area contributed by atoms with E-state index in [2.05, 4.69) is 27.7 Å². The molecule has 5 nitrogen and oxygen atoms in total. The second-order valence-corrected chi connectivity index (χ2v) is 6.88. The van der Waals surface area contributed by atoms with Gasteiger partial charge < -0.3 is 14.6 Å². The zero-order valence-electron chi connectivity index (χ0n) is 13.4. The topological polar surface area (TPSA) is 48.7 Å². The van der Waals surface area contributed by atoms with Crippen LogP contribution >= 0.6 is 11.3 Å². The van der Waals surface area contributed by atoms with Crippen molar-refractivity contribution in [1.29, 1.82) is 0 Å². The molecular weight excluding hydrogens is 310 g/mol. The van der Waals surface area contributed by atoms with E-state index < -0.39 is 0 Å². The fourth-order valence-corrected chi connectivity index (χ4v) is 3.83. The molecule has 1 aliphatic heterocycles. The summed E-state index contributed by atoms with van der Waals surface area (Å²) >= 11 is 1.76. The summed E-state index contributed by atoms with van der Waals surface area (Å²) in [6, 6.07) is 8.16. The van der Waals surface area contributed by atoms with Gasteiger partial charge in [-0.1, -0.05) is 6.07 Å². The van der Waals surface area contributed by atoms with Crippen molar-refractivity contribution in [2.45, 2.75) is 25.4 Å². The van der Waals surface area contributed by atoms with Gasteiger partial charge >= 0.3 is 6.03 Å². The maximum absolute atomic E-state index is 12.3. The zero-order chi connectivity index (χ0) is 16.1. The Morgan fingerprint density at radius 2 is 2.22 bits per heavy atom. The summed E-state index contributed by atoms with van der Waals surface area (Å²) < 4.78 is 5.29. The molecule has 2 aromatic rings. The van der Waals surface area contributed by atoms with Crippen molar-refractivity contribution in [3.05, 3.63) is 46.5 Å². The van der Waals surface area contributed by atoms with Gasteiger partial charge in [-0.05, 0) is 49.5 Å². The quantitative estimate of drug-likeness (QED) is 0.882.